The van der Waals surface area contributed by atoms with Crippen LogP contribution in [0.1, 0.15) is 23.6 Å². The summed E-state index contributed by atoms with van der Waals surface area (Å²) < 4.78 is 6.65. The SMILES string of the molecule is CCOc1ccc(NCc2ccc(Br)c(C)c2)c(C)c1. The fraction of sp³-hybridized carbons (Fsp3) is 0.294. The number of rotatable bonds is 5. The molecule has 0 fully saturated rings. The molecule has 0 atom stereocenters. The van der Waals surface area contributed by atoms with Crippen molar-refractivity contribution < 1.29 is 4.74 Å². The Morgan fingerprint density at radius 1 is 1.05 bits per heavy atom. The third-order valence-electron chi connectivity index (χ3n) is 3.21. The van der Waals surface area contributed by atoms with Gasteiger partial charge in [-0.15, -0.1) is 0 Å². The van der Waals surface area contributed by atoms with Crippen molar-refractivity contribution in [3.63, 3.8) is 0 Å². The molecule has 3 heteroatoms. The number of anilines is 1. The van der Waals surface area contributed by atoms with E-state index in [1.807, 2.05) is 13.0 Å². The quantitative estimate of drug-likeness (QED) is 0.824. The first-order valence-corrected chi connectivity index (χ1v) is 7.62. The Kier molecular flexibility index (Phi) is 5.07. The van der Waals surface area contributed by atoms with E-state index < -0.39 is 0 Å². The van der Waals surface area contributed by atoms with Gasteiger partial charge in [0.25, 0.3) is 0 Å². The molecule has 0 aliphatic carbocycles. The number of ether oxygens (including phenoxy) is 1. The van der Waals surface area contributed by atoms with E-state index in [1.54, 1.807) is 0 Å². The zero-order valence-corrected chi connectivity index (χ0v) is 13.8. The van der Waals surface area contributed by atoms with Crippen LogP contribution in [0.15, 0.2) is 40.9 Å². The topological polar surface area (TPSA) is 21.3 Å². The normalized spacial score (nSPS) is 10.4. The minimum atomic E-state index is 0.699. The lowest BCUT2D eigenvalue weighted by Gasteiger charge is -2.12. The van der Waals surface area contributed by atoms with Gasteiger partial charge in [0.1, 0.15) is 5.75 Å². The number of nitrogens with one attached hydrogen (secondary N) is 1. The van der Waals surface area contributed by atoms with Gasteiger partial charge in [0.05, 0.1) is 6.61 Å². The van der Waals surface area contributed by atoms with Crippen LogP contribution in [-0.2, 0) is 6.54 Å². The summed E-state index contributed by atoms with van der Waals surface area (Å²) in [6, 6.07) is 12.6. The van der Waals surface area contributed by atoms with Crippen LogP contribution < -0.4 is 10.1 Å². The second-order valence-electron chi connectivity index (χ2n) is 4.85. The molecular formula is C17H20BrNO. The molecule has 0 unspecified atom stereocenters. The Balaban J connectivity index is 2.05. The van der Waals surface area contributed by atoms with Crippen LogP contribution in [-0.4, -0.2) is 6.61 Å². The second-order valence-corrected chi connectivity index (χ2v) is 5.70. The summed E-state index contributed by atoms with van der Waals surface area (Å²) in [6.07, 6.45) is 0. The van der Waals surface area contributed by atoms with E-state index in [0.29, 0.717) is 6.61 Å². The summed E-state index contributed by atoms with van der Waals surface area (Å²) in [6.45, 7) is 7.72. The Hall–Kier alpha value is -1.48. The van der Waals surface area contributed by atoms with Crippen molar-refractivity contribution in [1.29, 1.82) is 0 Å². The highest BCUT2D eigenvalue weighted by atomic mass is 79.9. The fourth-order valence-corrected chi connectivity index (χ4v) is 2.35. The number of aryl methyl sites for hydroxylation is 2. The lowest BCUT2D eigenvalue weighted by Crippen LogP contribution is -2.02. The van der Waals surface area contributed by atoms with Crippen molar-refractivity contribution in [2.75, 3.05) is 11.9 Å². The van der Waals surface area contributed by atoms with Gasteiger partial charge in [0.15, 0.2) is 0 Å². The van der Waals surface area contributed by atoms with Gasteiger partial charge in [0.2, 0.25) is 0 Å². The molecule has 1 N–H and O–H groups in total. The maximum absolute atomic E-state index is 5.50. The fourth-order valence-electron chi connectivity index (χ4n) is 2.10. The second kappa shape index (κ2) is 6.80. The number of halogens is 1. The van der Waals surface area contributed by atoms with Crippen LogP contribution in [0.25, 0.3) is 0 Å². The smallest absolute Gasteiger partial charge is 0.119 e. The average molecular weight is 334 g/mol. The van der Waals surface area contributed by atoms with Crippen LogP contribution >= 0.6 is 15.9 Å². The van der Waals surface area contributed by atoms with Gasteiger partial charge in [-0.25, -0.2) is 0 Å². The third kappa shape index (κ3) is 3.76. The standard InChI is InChI=1S/C17H20BrNO/c1-4-20-15-6-8-17(13(3)10-15)19-11-14-5-7-16(18)12(2)9-14/h5-10,19H,4,11H2,1-3H3. The molecule has 0 aromatic heterocycles. The van der Waals surface area contributed by atoms with Gasteiger partial charge in [-0.2, -0.15) is 0 Å². The van der Waals surface area contributed by atoms with Crippen molar-refractivity contribution >= 4 is 21.6 Å². The molecular weight excluding hydrogens is 314 g/mol. The highest BCUT2D eigenvalue weighted by molar-refractivity contribution is 9.10. The van der Waals surface area contributed by atoms with Crippen LogP contribution in [0.4, 0.5) is 5.69 Å². The number of hydrogen-bond acceptors (Lipinski definition) is 2. The first-order valence-electron chi connectivity index (χ1n) is 6.82. The first kappa shape index (κ1) is 14.9. The maximum Gasteiger partial charge on any atom is 0.119 e. The average Bonchev–Trinajstić information content (AvgIpc) is 2.42. The highest BCUT2D eigenvalue weighted by Gasteiger charge is 2.02. The van der Waals surface area contributed by atoms with Crippen molar-refractivity contribution in [2.24, 2.45) is 0 Å². The van der Waals surface area contributed by atoms with Gasteiger partial charge >= 0.3 is 0 Å². The van der Waals surface area contributed by atoms with Gasteiger partial charge in [-0.05, 0) is 61.7 Å². The Bertz CT molecular complexity index is 596. The van der Waals surface area contributed by atoms with Crippen LogP contribution in [0.5, 0.6) is 5.75 Å². The van der Waals surface area contributed by atoms with E-state index in [0.717, 1.165) is 22.5 Å². The van der Waals surface area contributed by atoms with E-state index in [1.165, 1.54) is 16.7 Å². The molecule has 106 valence electrons. The molecule has 2 aromatic rings. The van der Waals surface area contributed by atoms with E-state index in [4.69, 9.17) is 4.74 Å². The molecule has 0 aliphatic heterocycles. The van der Waals surface area contributed by atoms with Crippen LogP contribution in [0, 0.1) is 13.8 Å². The molecule has 20 heavy (non-hydrogen) atoms. The monoisotopic (exact) mass is 333 g/mol. The van der Waals surface area contributed by atoms with E-state index in [9.17, 15) is 0 Å². The Morgan fingerprint density at radius 3 is 2.50 bits per heavy atom. The minimum absolute atomic E-state index is 0.699. The summed E-state index contributed by atoms with van der Waals surface area (Å²) in [5.74, 6) is 0.926. The molecule has 0 spiro atoms. The Labute approximate surface area is 129 Å². The molecule has 0 heterocycles. The van der Waals surface area contributed by atoms with Gasteiger partial charge in [-0.3, -0.25) is 0 Å². The largest absolute Gasteiger partial charge is 0.494 e. The molecule has 0 bridgehead atoms. The lowest BCUT2D eigenvalue weighted by molar-refractivity contribution is 0.340. The minimum Gasteiger partial charge on any atom is -0.494 e. The van der Waals surface area contributed by atoms with Gasteiger partial charge < -0.3 is 10.1 Å². The summed E-state index contributed by atoms with van der Waals surface area (Å²) in [7, 11) is 0. The summed E-state index contributed by atoms with van der Waals surface area (Å²) in [4.78, 5) is 0. The van der Waals surface area contributed by atoms with E-state index in [2.05, 4.69) is 65.4 Å². The van der Waals surface area contributed by atoms with Crippen molar-refractivity contribution in [3.8, 4) is 5.75 Å². The third-order valence-corrected chi connectivity index (χ3v) is 4.10. The molecule has 0 radical (unpaired) electrons. The molecule has 0 saturated heterocycles. The molecule has 2 rings (SSSR count). The van der Waals surface area contributed by atoms with Crippen molar-refractivity contribution in [2.45, 2.75) is 27.3 Å². The highest BCUT2D eigenvalue weighted by Crippen LogP contribution is 2.23. The molecule has 2 aromatic carbocycles. The predicted molar refractivity (Wildman–Crippen MR) is 88.6 cm³/mol. The number of hydrogen-bond donors (Lipinski definition) is 1. The van der Waals surface area contributed by atoms with Crippen LogP contribution in [0.2, 0.25) is 0 Å². The summed E-state index contributed by atoms with van der Waals surface area (Å²) in [5, 5.41) is 3.47. The predicted octanol–water partition coefficient (Wildman–Crippen LogP) is 5.08. The first-order chi connectivity index (χ1) is 9.60. The van der Waals surface area contributed by atoms with E-state index >= 15 is 0 Å². The van der Waals surface area contributed by atoms with E-state index in [-0.39, 0.29) is 0 Å². The molecule has 2 nitrogen and oxygen atoms in total. The lowest BCUT2D eigenvalue weighted by atomic mass is 10.1. The van der Waals surface area contributed by atoms with Crippen LogP contribution in [0.3, 0.4) is 0 Å². The zero-order chi connectivity index (χ0) is 14.5. The van der Waals surface area contributed by atoms with Crippen molar-refractivity contribution in [3.05, 3.63) is 57.6 Å². The molecule has 0 saturated carbocycles. The maximum atomic E-state index is 5.50. The zero-order valence-electron chi connectivity index (χ0n) is 12.2. The summed E-state index contributed by atoms with van der Waals surface area (Å²) in [5.41, 5.74) is 4.88. The Morgan fingerprint density at radius 2 is 1.85 bits per heavy atom. The molecule has 0 amide bonds. The summed E-state index contributed by atoms with van der Waals surface area (Å²) >= 11 is 3.53. The number of benzene rings is 2. The molecule has 0 aliphatic rings. The van der Waals surface area contributed by atoms with Gasteiger partial charge in [0, 0.05) is 16.7 Å². The van der Waals surface area contributed by atoms with Crippen molar-refractivity contribution in [1.82, 2.24) is 0 Å². The van der Waals surface area contributed by atoms with Gasteiger partial charge in [-0.1, -0.05) is 28.1 Å².